The first-order valence-corrected chi connectivity index (χ1v) is 4.16. The smallest absolute Gasteiger partial charge is 0.335 e. The fourth-order valence-electron chi connectivity index (χ4n) is 0.755. The maximum atomic E-state index is 11.2. The Bertz CT molecular complexity index is 277. The first-order chi connectivity index (χ1) is 6.11. The van der Waals surface area contributed by atoms with Gasteiger partial charge in [-0.25, -0.2) is 4.79 Å². The summed E-state index contributed by atoms with van der Waals surface area (Å²) in [6, 6.07) is 0. The summed E-state index contributed by atoms with van der Waals surface area (Å²) in [6.45, 7) is 7.29. The Morgan fingerprint density at radius 1 is 1.54 bits per heavy atom. The third-order valence-corrected chi connectivity index (χ3v) is 1.56. The van der Waals surface area contributed by atoms with Crippen molar-refractivity contribution in [3.05, 3.63) is 36.7 Å². The molecular weight excluding hydrogens is 166 g/mol. The van der Waals surface area contributed by atoms with E-state index in [-0.39, 0.29) is 11.9 Å². The summed E-state index contributed by atoms with van der Waals surface area (Å²) in [4.78, 5) is 16.2. The van der Waals surface area contributed by atoms with Crippen molar-refractivity contribution in [2.75, 3.05) is 0 Å². The minimum atomic E-state index is -0.263. The van der Waals surface area contributed by atoms with Gasteiger partial charge in [0.1, 0.15) is 0 Å². The van der Waals surface area contributed by atoms with Gasteiger partial charge in [-0.05, 0) is 12.2 Å². The summed E-state index contributed by atoms with van der Waals surface area (Å²) in [5, 5.41) is 1.36. The predicted octanol–water partition coefficient (Wildman–Crippen LogP) is 2.00. The lowest BCUT2D eigenvalue weighted by molar-refractivity contribution is -0.175. The summed E-state index contributed by atoms with van der Waals surface area (Å²) in [6.07, 6.45) is 7.04. The van der Waals surface area contributed by atoms with E-state index in [0.717, 1.165) is 0 Å². The SMILES string of the molecule is C=C1C=CC=CN1OC(=O)C(C)C. The fourth-order valence-corrected chi connectivity index (χ4v) is 0.755. The van der Waals surface area contributed by atoms with Crippen molar-refractivity contribution >= 4 is 5.97 Å². The first kappa shape index (κ1) is 9.58. The second-order valence-electron chi connectivity index (χ2n) is 3.08. The Hall–Kier alpha value is -1.51. The monoisotopic (exact) mass is 179 g/mol. The van der Waals surface area contributed by atoms with Crippen LogP contribution in [0, 0.1) is 5.92 Å². The number of rotatable bonds is 2. The Balaban J connectivity index is 2.55. The van der Waals surface area contributed by atoms with Crippen LogP contribution >= 0.6 is 0 Å². The Morgan fingerprint density at radius 3 is 2.77 bits per heavy atom. The average molecular weight is 179 g/mol. The number of carbonyl (C=O) groups excluding carboxylic acids is 1. The second-order valence-corrected chi connectivity index (χ2v) is 3.08. The molecule has 13 heavy (non-hydrogen) atoms. The van der Waals surface area contributed by atoms with Crippen molar-refractivity contribution in [1.82, 2.24) is 5.06 Å². The molecule has 0 aromatic rings. The van der Waals surface area contributed by atoms with E-state index >= 15 is 0 Å². The summed E-state index contributed by atoms with van der Waals surface area (Å²) in [5.41, 5.74) is 0.650. The van der Waals surface area contributed by atoms with E-state index in [9.17, 15) is 4.79 Å². The maximum absolute atomic E-state index is 11.2. The maximum Gasteiger partial charge on any atom is 0.335 e. The highest BCUT2D eigenvalue weighted by Gasteiger charge is 2.14. The van der Waals surface area contributed by atoms with Crippen LogP contribution in [-0.2, 0) is 9.63 Å². The van der Waals surface area contributed by atoms with Crippen LogP contribution in [0.5, 0.6) is 0 Å². The van der Waals surface area contributed by atoms with Crippen molar-refractivity contribution in [3.8, 4) is 0 Å². The highest BCUT2D eigenvalue weighted by molar-refractivity contribution is 5.71. The second kappa shape index (κ2) is 3.94. The van der Waals surface area contributed by atoms with E-state index in [1.807, 2.05) is 6.08 Å². The van der Waals surface area contributed by atoms with Gasteiger partial charge in [0.2, 0.25) is 0 Å². The molecule has 1 aliphatic rings. The molecule has 0 saturated heterocycles. The largest absolute Gasteiger partial charge is 0.336 e. The summed E-state index contributed by atoms with van der Waals surface area (Å²) < 4.78 is 0. The van der Waals surface area contributed by atoms with Gasteiger partial charge in [0.25, 0.3) is 0 Å². The van der Waals surface area contributed by atoms with Crippen LogP contribution in [-0.4, -0.2) is 11.0 Å². The van der Waals surface area contributed by atoms with Gasteiger partial charge in [-0.1, -0.05) is 26.5 Å². The highest BCUT2D eigenvalue weighted by atomic mass is 16.7. The molecule has 0 bridgehead atoms. The van der Waals surface area contributed by atoms with E-state index in [1.165, 1.54) is 5.06 Å². The van der Waals surface area contributed by atoms with E-state index in [0.29, 0.717) is 5.70 Å². The molecule has 0 atom stereocenters. The van der Waals surface area contributed by atoms with E-state index in [1.54, 1.807) is 32.2 Å². The number of allylic oxidation sites excluding steroid dienone is 3. The van der Waals surface area contributed by atoms with Gasteiger partial charge in [-0.3, -0.25) is 0 Å². The van der Waals surface area contributed by atoms with Crippen molar-refractivity contribution in [3.63, 3.8) is 0 Å². The third kappa shape index (κ3) is 2.47. The summed E-state index contributed by atoms with van der Waals surface area (Å²) in [5.74, 6) is -0.395. The Kier molecular flexibility index (Phi) is 2.90. The lowest BCUT2D eigenvalue weighted by atomic mass is 10.2. The standard InChI is InChI=1S/C10H13NO2/c1-8(2)10(12)13-11-7-5-4-6-9(11)3/h4-8H,3H2,1-2H3. The quantitative estimate of drug-likeness (QED) is 0.649. The molecular formula is C10H13NO2. The minimum absolute atomic E-state index is 0.132. The fraction of sp³-hybridized carbons (Fsp3) is 0.300. The molecule has 1 rings (SSSR count). The molecule has 0 aromatic carbocycles. The van der Waals surface area contributed by atoms with Gasteiger partial charge >= 0.3 is 5.97 Å². The van der Waals surface area contributed by atoms with Gasteiger partial charge in [-0.15, -0.1) is 0 Å². The van der Waals surface area contributed by atoms with Crippen LogP contribution in [0.25, 0.3) is 0 Å². The molecule has 0 saturated carbocycles. The zero-order valence-electron chi connectivity index (χ0n) is 7.86. The van der Waals surface area contributed by atoms with E-state index < -0.39 is 0 Å². The molecule has 3 heteroatoms. The first-order valence-electron chi connectivity index (χ1n) is 4.16. The van der Waals surface area contributed by atoms with Gasteiger partial charge in [0.05, 0.1) is 11.6 Å². The Labute approximate surface area is 77.9 Å². The summed E-state index contributed by atoms with van der Waals surface area (Å²) in [7, 11) is 0. The zero-order valence-corrected chi connectivity index (χ0v) is 7.86. The molecule has 0 radical (unpaired) electrons. The number of hydrogen-bond donors (Lipinski definition) is 0. The topological polar surface area (TPSA) is 29.5 Å². The van der Waals surface area contributed by atoms with Gasteiger partial charge in [-0.2, -0.15) is 5.06 Å². The van der Waals surface area contributed by atoms with Crippen molar-refractivity contribution < 1.29 is 9.63 Å². The molecule has 0 fully saturated rings. The third-order valence-electron chi connectivity index (χ3n) is 1.56. The van der Waals surface area contributed by atoms with Crippen molar-refractivity contribution in [2.24, 2.45) is 5.92 Å². The molecule has 1 heterocycles. The summed E-state index contributed by atoms with van der Waals surface area (Å²) >= 11 is 0. The van der Waals surface area contributed by atoms with Crippen LogP contribution in [0.15, 0.2) is 36.7 Å². The molecule has 0 unspecified atom stereocenters. The van der Waals surface area contributed by atoms with E-state index in [2.05, 4.69) is 6.58 Å². The molecule has 0 N–H and O–H groups in total. The molecule has 70 valence electrons. The number of hydrogen-bond acceptors (Lipinski definition) is 3. The zero-order chi connectivity index (χ0) is 9.84. The molecule has 3 nitrogen and oxygen atoms in total. The molecule has 0 amide bonds. The van der Waals surface area contributed by atoms with Gasteiger partial charge < -0.3 is 4.84 Å². The van der Waals surface area contributed by atoms with Crippen molar-refractivity contribution in [1.29, 1.82) is 0 Å². The van der Waals surface area contributed by atoms with Crippen LogP contribution in [0.1, 0.15) is 13.8 Å². The van der Waals surface area contributed by atoms with Crippen molar-refractivity contribution in [2.45, 2.75) is 13.8 Å². The lowest BCUT2D eigenvalue weighted by Gasteiger charge is -2.21. The molecule has 1 aliphatic heterocycles. The number of nitrogens with zero attached hydrogens (tertiary/aromatic N) is 1. The number of hydroxylamine groups is 2. The van der Waals surface area contributed by atoms with Gasteiger partial charge in [0.15, 0.2) is 0 Å². The van der Waals surface area contributed by atoms with Crippen LogP contribution in [0.2, 0.25) is 0 Å². The normalized spacial score (nSPS) is 15.3. The van der Waals surface area contributed by atoms with Crippen LogP contribution < -0.4 is 0 Å². The molecule has 0 aliphatic carbocycles. The lowest BCUT2D eigenvalue weighted by Crippen LogP contribution is -2.24. The number of carbonyl (C=O) groups is 1. The highest BCUT2D eigenvalue weighted by Crippen LogP contribution is 2.12. The average Bonchev–Trinajstić information content (AvgIpc) is 2.08. The minimum Gasteiger partial charge on any atom is -0.336 e. The van der Waals surface area contributed by atoms with Crippen LogP contribution in [0.3, 0.4) is 0 Å². The van der Waals surface area contributed by atoms with Crippen LogP contribution in [0.4, 0.5) is 0 Å². The predicted molar refractivity (Wildman–Crippen MR) is 50.2 cm³/mol. The van der Waals surface area contributed by atoms with Gasteiger partial charge in [0, 0.05) is 6.20 Å². The van der Waals surface area contributed by atoms with E-state index in [4.69, 9.17) is 4.84 Å². The Morgan fingerprint density at radius 2 is 2.23 bits per heavy atom. The molecule has 0 aromatic heterocycles. The molecule has 0 spiro atoms.